The Morgan fingerprint density at radius 1 is 1.32 bits per heavy atom. The zero-order valence-electron chi connectivity index (χ0n) is 14.2. The van der Waals surface area contributed by atoms with E-state index in [1.807, 2.05) is 12.1 Å². The molecule has 4 rings (SSSR count). The van der Waals surface area contributed by atoms with Crippen LogP contribution in [0.15, 0.2) is 34.7 Å². The third kappa shape index (κ3) is 3.12. The molecule has 1 aliphatic carbocycles. The molecule has 2 amide bonds. The summed E-state index contributed by atoms with van der Waals surface area (Å²) in [5, 5.41) is 2.71. The SMILES string of the molecule is C[C@H]1C[C@@H]1c1ccc(CN(C)C(=O)c2ccc3c(c2)OCC(=O)N3)o1. The van der Waals surface area contributed by atoms with Crippen molar-refractivity contribution in [3.63, 3.8) is 0 Å². The second kappa shape index (κ2) is 5.95. The Morgan fingerprint density at radius 3 is 2.88 bits per heavy atom. The first-order chi connectivity index (χ1) is 12.0. The second-order valence-electron chi connectivity index (χ2n) is 6.83. The Hall–Kier alpha value is -2.76. The summed E-state index contributed by atoms with van der Waals surface area (Å²) >= 11 is 0. The molecule has 0 saturated heterocycles. The molecule has 0 radical (unpaired) electrons. The molecule has 25 heavy (non-hydrogen) atoms. The van der Waals surface area contributed by atoms with Gasteiger partial charge < -0.3 is 19.4 Å². The summed E-state index contributed by atoms with van der Waals surface area (Å²) < 4.78 is 11.2. The minimum absolute atomic E-state index is 0.0325. The van der Waals surface area contributed by atoms with E-state index >= 15 is 0 Å². The summed E-state index contributed by atoms with van der Waals surface area (Å²) in [7, 11) is 1.74. The minimum atomic E-state index is -0.192. The number of nitrogens with zero attached hydrogens (tertiary/aromatic N) is 1. The van der Waals surface area contributed by atoms with E-state index in [0.29, 0.717) is 35.4 Å². The number of ether oxygens (including phenoxy) is 1. The van der Waals surface area contributed by atoms with Crippen LogP contribution in [0.1, 0.15) is 41.1 Å². The summed E-state index contributed by atoms with van der Waals surface area (Å²) in [4.78, 5) is 25.6. The van der Waals surface area contributed by atoms with E-state index in [-0.39, 0.29) is 18.4 Å². The van der Waals surface area contributed by atoms with Crippen LogP contribution in [0.3, 0.4) is 0 Å². The first-order valence-corrected chi connectivity index (χ1v) is 8.42. The van der Waals surface area contributed by atoms with Gasteiger partial charge in [0.2, 0.25) is 0 Å². The lowest BCUT2D eigenvalue weighted by Gasteiger charge is -2.20. The van der Waals surface area contributed by atoms with Gasteiger partial charge in [0, 0.05) is 18.5 Å². The maximum atomic E-state index is 12.6. The molecule has 2 heterocycles. The van der Waals surface area contributed by atoms with Crippen molar-refractivity contribution < 1.29 is 18.7 Å². The van der Waals surface area contributed by atoms with Gasteiger partial charge in [0.05, 0.1) is 12.2 Å². The van der Waals surface area contributed by atoms with Gasteiger partial charge in [-0.3, -0.25) is 9.59 Å². The molecule has 2 aromatic rings. The van der Waals surface area contributed by atoms with E-state index in [2.05, 4.69) is 12.2 Å². The van der Waals surface area contributed by atoms with Crippen LogP contribution in [0, 0.1) is 5.92 Å². The van der Waals surface area contributed by atoms with Gasteiger partial charge in [-0.2, -0.15) is 0 Å². The third-order valence-corrected chi connectivity index (χ3v) is 4.76. The summed E-state index contributed by atoms with van der Waals surface area (Å²) in [5.74, 6) is 3.22. The van der Waals surface area contributed by atoms with Gasteiger partial charge >= 0.3 is 0 Å². The number of hydrogen-bond donors (Lipinski definition) is 1. The van der Waals surface area contributed by atoms with Crippen LogP contribution in [0.4, 0.5) is 5.69 Å². The van der Waals surface area contributed by atoms with E-state index in [4.69, 9.17) is 9.15 Å². The van der Waals surface area contributed by atoms with E-state index in [9.17, 15) is 9.59 Å². The van der Waals surface area contributed by atoms with Crippen LogP contribution in [-0.4, -0.2) is 30.4 Å². The third-order valence-electron chi connectivity index (χ3n) is 4.76. The van der Waals surface area contributed by atoms with Gasteiger partial charge in [-0.05, 0) is 42.7 Å². The molecular weight excluding hydrogens is 320 g/mol. The molecule has 1 aromatic heterocycles. The molecule has 1 aromatic carbocycles. The van der Waals surface area contributed by atoms with Gasteiger partial charge in [-0.1, -0.05) is 6.92 Å². The number of benzene rings is 1. The summed E-state index contributed by atoms with van der Waals surface area (Å²) in [5.41, 5.74) is 1.10. The lowest BCUT2D eigenvalue weighted by atomic mass is 10.1. The first-order valence-electron chi connectivity index (χ1n) is 8.42. The standard InChI is InChI=1S/C19H20N2O4/c1-11-7-14(11)16-6-4-13(25-16)9-21(2)19(23)12-3-5-15-17(8-12)24-10-18(22)20-15/h3-6,8,11,14H,7,9-10H2,1-2H3,(H,20,22)/t11-,14-/m0/s1. The van der Waals surface area contributed by atoms with Crippen LogP contribution < -0.4 is 10.1 Å². The van der Waals surface area contributed by atoms with Crippen LogP contribution >= 0.6 is 0 Å². The van der Waals surface area contributed by atoms with Gasteiger partial charge in [0.1, 0.15) is 17.3 Å². The fraction of sp³-hybridized carbons (Fsp3) is 0.368. The Balaban J connectivity index is 1.45. The van der Waals surface area contributed by atoms with Crippen molar-refractivity contribution in [1.82, 2.24) is 4.90 Å². The van der Waals surface area contributed by atoms with Crippen LogP contribution in [0.25, 0.3) is 0 Å². The van der Waals surface area contributed by atoms with E-state index in [1.165, 1.54) is 6.42 Å². The lowest BCUT2D eigenvalue weighted by Crippen LogP contribution is -2.28. The molecule has 1 aliphatic heterocycles. The van der Waals surface area contributed by atoms with Crippen molar-refractivity contribution in [1.29, 1.82) is 0 Å². The number of rotatable bonds is 4. The second-order valence-corrected chi connectivity index (χ2v) is 6.83. The van der Waals surface area contributed by atoms with Crippen LogP contribution in [0.5, 0.6) is 5.75 Å². The number of furan rings is 1. The average molecular weight is 340 g/mol. The zero-order chi connectivity index (χ0) is 17.6. The van der Waals surface area contributed by atoms with Crippen molar-refractivity contribution in [3.05, 3.63) is 47.4 Å². The average Bonchev–Trinajstić information content (AvgIpc) is 3.15. The zero-order valence-corrected chi connectivity index (χ0v) is 14.2. The molecule has 0 bridgehead atoms. The lowest BCUT2D eigenvalue weighted by molar-refractivity contribution is -0.118. The van der Waals surface area contributed by atoms with E-state index in [0.717, 1.165) is 11.5 Å². The highest BCUT2D eigenvalue weighted by Gasteiger charge is 2.36. The van der Waals surface area contributed by atoms with Crippen molar-refractivity contribution in [2.24, 2.45) is 5.92 Å². The largest absolute Gasteiger partial charge is 0.482 e. The van der Waals surface area contributed by atoms with Crippen molar-refractivity contribution in [3.8, 4) is 5.75 Å². The first kappa shape index (κ1) is 15.7. The number of carbonyl (C=O) groups excluding carboxylic acids is 2. The molecule has 0 unspecified atom stereocenters. The molecule has 1 saturated carbocycles. The molecule has 2 aliphatic rings. The number of anilines is 1. The number of hydrogen-bond acceptors (Lipinski definition) is 4. The van der Waals surface area contributed by atoms with Crippen molar-refractivity contribution in [2.75, 3.05) is 19.0 Å². The van der Waals surface area contributed by atoms with Crippen LogP contribution in [0.2, 0.25) is 0 Å². The molecule has 6 heteroatoms. The van der Waals surface area contributed by atoms with Crippen molar-refractivity contribution >= 4 is 17.5 Å². The molecule has 1 N–H and O–H groups in total. The van der Waals surface area contributed by atoms with Gasteiger partial charge in [-0.25, -0.2) is 0 Å². The highest BCUT2D eigenvalue weighted by Crippen LogP contribution is 2.47. The van der Waals surface area contributed by atoms with E-state index < -0.39 is 0 Å². The Bertz CT molecular complexity index is 842. The Labute approximate surface area is 145 Å². The monoisotopic (exact) mass is 340 g/mol. The predicted octanol–water partition coefficient (Wildman–Crippen LogP) is 3.01. The van der Waals surface area contributed by atoms with Gasteiger partial charge in [0.25, 0.3) is 11.8 Å². The molecule has 2 atom stereocenters. The predicted molar refractivity (Wildman–Crippen MR) is 91.6 cm³/mol. The Kier molecular flexibility index (Phi) is 3.75. The van der Waals surface area contributed by atoms with Gasteiger partial charge in [-0.15, -0.1) is 0 Å². The molecular formula is C19H20N2O4. The minimum Gasteiger partial charge on any atom is -0.482 e. The quantitative estimate of drug-likeness (QED) is 0.929. The maximum absolute atomic E-state index is 12.6. The summed E-state index contributed by atoms with van der Waals surface area (Å²) in [6.07, 6.45) is 1.17. The summed E-state index contributed by atoms with van der Waals surface area (Å²) in [6.45, 7) is 2.59. The fourth-order valence-electron chi connectivity index (χ4n) is 3.13. The number of fused-ring (bicyclic) bond motifs is 1. The number of amides is 2. The van der Waals surface area contributed by atoms with Crippen LogP contribution in [-0.2, 0) is 11.3 Å². The van der Waals surface area contributed by atoms with E-state index in [1.54, 1.807) is 30.1 Å². The molecule has 6 nitrogen and oxygen atoms in total. The van der Waals surface area contributed by atoms with Gasteiger partial charge in [0.15, 0.2) is 6.61 Å². The highest BCUT2D eigenvalue weighted by molar-refractivity contribution is 5.98. The fourth-order valence-corrected chi connectivity index (χ4v) is 3.13. The normalized spacial score (nSPS) is 21.1. The maximum Gasteiger partial charge on any atom is 0.262 e. The number of carbonyl (C=O) groups is 2. The molecule has 1 fully saturated rings. The smallest absolute Gasteiger partial charge is 0.262 e. The number of nitrogens with one attached hydrogen (secondary N) is 1. The Morgan fingerprint density at radius 2 is 2.12 bits per heavy atom. The van der Waals surface area contributed by atoms with Crippen molar-refractivity contribution in [2.45, 2.75) is 25.8 Å². The molecule has 130 valence electrons. The topological polar surface area (TPSA) is 71.8 Å². The molecule has 0 spiro atoms. The summed E-state index contributed by atoms with van der Waals surface area (Å²) in [6, 6.07) is 8.99. The highest BCUT2D eigenvalue weighted by atomic mass is 16.5.